The number of hydrogen-bond acceptors (Lipinski definition) is 6. The Balaban J connectivity index is 1.46. The number of oxazole rings is 1. The molecule has 0 N–H and O–H groups in total. The minimum atomic E-state index is 0.554. The monoisotopic (exact) mass is 301 g/mol. The van der Waals surface area contributed by atoms with Crippen molar-refractivity contribution in [3.63, 3.8) is 0 Å². The third-order valence-corrected chi connectivity index (χ3v) is 4.38. The van der Waals surface area contributed by atoms with E-state index in [4.69, 9.17) is 4.42 Å². The van der Waals surface area contributed by atoms with Crippen molar-refractivity contribution in [2.45, 2.75) is 32.2 Å². The molecular formula is C16H23N5O. The summed E-state index contributed by atoms with van der Waals surface area (Å²) in [5.74, 6) is 2.74. The molecule has 0 atom stereocenters. The molecule has 0 unspecified atom stereocenters. The number of rotatable bonds is 5. The molecule has 0 aromatic carbocycles. The Hall–Kier alpha value is -1.95. The molecule has 2 aromatic heterocycles. The second kappa shape index (κ2) is 6.87. The average molecular weight is 301 g/mol. The van der Waals surface area contributed by atoms with Crippen LogP contribution in [0.4, 0.5) is 5.82 Å². The van der Waals surface area contributed by atoms with Gasteiger partial charge in [0.15, 0.2) is 5.89 Å². The molecule has 3 rings (SSSR count). The molecule has 6 nitrogen and oxygen atoms in total. The highest BCUT2D eigenvalue weighted by molar-refractivity contribution is 5.36. The van der Waals surface area contributed by atoms with E-state index >= 15 is 0 Å². The summed E-state index contributed by atoms with van der Waals surface area (Å²) in [6.07, 6.45) is 8.51. The number of aryl methyl sites for hydroxylation is 1. The molecule has 1 aliphatic rings. The summed E-state index contributed by atoms with van der Waals surface area (Å²) in [5.41, 5.74) is 0. The van der Waals surface area contributed by atoms with Crippen molar-refractivity contribution in [1.29, 1.82) is 0 Å². The number of nitrogens with zero attached hydrogens (tertiary/aromatic N) is 5. The van der Waals surface area contributed by atoms with Crippen LogP contribution in [0.5, 0.6) is 0 Å². The van der Waals surface area contributed by atoms with Crippen molar-refractivity contribution in [2.75, 3.05) is 31.6 Å². The molecule has 0 saturated carbocycles. The maximum atomic E-state index is 5.53. The van der Waals surface area contributed by atoms with Gasteiger partial charge < -0.3 is 14.2 Å². The Morgan fingerprint density at radius 2 is 2.14 bits per heavy atom. The molecule has 6 heteroatoms. The van der Waals surface area contributed by atoms with Crippen LogP contribution in [0.2, 0.25) is 0 Å². The summed E-state index contributed by atoms with van der Waals surface area (Å²) < 4.78 is 5.53. The van der Waals surface area contributed by atoms with Gasteiger partial charge in [-0.1, -0.05) is 0 Å². The van der Waals surface area contributed by atoms with Crippen LogP contribution in [0, 0.1) is 6.92 Å². The minimum Gasteiger partial charge on any atom is -0.446 e. The van der Waals surface area contributed by atoms with E-state index in [0.717, 1.165) is 56.4 Å². The molecule has 2 aromatic rings. The van der Waals surface area contributed by atoms with E-state index in [1.807, 2.05) is 19.2 Å². The Kier molecular flexibility index (Phi) is 4.68. The molecule has 0 amide bonds. The molecule has 22 heavy (non-hydrogen) atoms. The molecule has 1 saturated heterocycles. The number of piperidine rings is 1. The van der Waals surface area contributed by atoms with Gasteiger partial charge in [-0.05, 0) is 18.9 Å². The summed E-state index contributed by atoms with van der Waals surface area (Å²) in [6.45, 7) is 5.16. The Morgan fingerprint density at radius 1 is 1.32 bits per heavy atom. The predicted octanol–water partition coefficient (Wildman–Crippen LogP) is 1.92. The van der Waals surface area contributed by atoms with Gasteiger partial charge in [0.1, 0.15) is 17.9 Å². The molecule has 118 valence electrons. The predicted molar refractivity (Wildman–Crippen MR) is 84.8 cm³/mol. The summed E-state index contributed by atoms with van der Waals surface area (Å²) >= 11 is 0. The zero-order valence-electron chi connectivity index (χ0n) is 13.3. The van der Waals surface area contributed by atoms with E-state index in [-0.39, 0.29) is 0 Å². The summed E-state index contributed by atoms with van der Waals surface area (Å²) in [5, 5.41) is 0. The van der Waals surface area contributed by atoms with E-state index in [0.29, 0.717) is 6.04 Å². The highest BCUT2D eigenvalue weighted by Gasteiger charge is 2.23. The molecule has 0 radical (unpaired) electrons. The maximum absolute atomic E-state index is 5.53. The van der Waals surface area contributed by atoms with Crippen LogP contribution in [0.15, 0.2) is 29.2 Å². The number of aromatic nitrogens is 3. The lowest BCUT2D eigenvalue weighted by Crippen LogP contribution is -2.44. The van der Waals surface area contributed by atoms with Gasteiger partial charge >= 0.3 is 0 Å². The van der Waals surface area contributed by atoms with Crippen LogP contribution in [-0.2, 0) is 6.42 Å². The van der Waals surface area contributed by atoms with Crippen molar-refractivity contribution in [1.82, 2.24) is 19.9 Å². The third kappa shape index (κ3) is 3.62. The number of likely N-dealkylation sites (tertiary alicyclic amines) is 1. The van der Waals surface area contributed by atoms with Gasteiger partial charge in [-0.3, -0.25) is 0 Å². The number of anilines is 1. The van der Waals surface area contributed by atoms with Crippen LogP contribution in [0.1, 0.15) is 24.5 Å². The van der Waals surface area contributed by atoms with Crippen molar-refractivity contribution < 1.29 is 4.42 Å². The topological polar surface area (TPSA) is 58.3 Å². The normalized spacial score (nSPS) is 16.8. The standard InChI is InChI=1S/C16H23N5O/c1-13-18-11-15(22-13)6-10-21-8-4-14(5-9-21)20(2)16-3-7-17-12-19-16/h3,7,11-12,14H,4-6,8-10H2,1-2H3. The van der Waals surface area contributed by atoms with Gasteiger partial charge in [0, 0.05) is 52.3 Å². The Bertz CT molecular complexity index is 577. The molecule has 1 fully saturated rings. The quantitative estimate of drug-likeness (QED) is 0.841. The van der Waals surface area contributed by atoms with E-state index in [2.05, 4.69) is 31.8 Å². The average Bonchev–Trinajstić information content (AvgIpc) is 2.99. The lowest BCUT2D eigenvalue weighted by molar-refractivity contribution is 0.209. The van der Waals surface area contributed by atoms with Crippen molar-refractivity contribution in [2.24, 2.45) is 0 Å². The summed E-state index contributed by atoms with van der Waals surface area (Å²) in [6, 6.07) is 2.53. The third-order valence-electron chi connectivity index (χ3n) is 4.38. The molecule has 3 heterocycles. The highest BCUT2D eigenvalue weighted by Crippen LogP contribution is 2.20. The van der Waals surface area contributed by atoms with Crippen LogP contribution in [0.25, 0.3) is 0 Å². The lowest BCUT2D eigenvalue weighted by Gasteiger charge is -2.37. The van der Waals surface area contributed by atoms with Crippen molar-refractivity contribution >= 4 is 5.82 Å². The zero-order valence-corrected chi connectivity index (χ0v) is 13.3. The van der Waals surface area contributed by atoms with Gasteiger partial charge in [-0.15, -0.1) is 0 Å². The SMILES string of the molecule is Cc1ncc(CCN2CCC(N(C)c3ccncn3)CC2)o1. The lowest BCUT2D eigenvalue weighted by atomic mass is 10.0. The molecular weight excluding hydrogens is 278 g/mol. The van der Waals surface area contributed by atoms with Crippen molar-refractivity contribution in [3.8, 4) is 0 Å². The van der Waals surface area contributed by atoms with Crippen LogP contribution in [0.3, 0.4) is 0 Å². The van der Waals surface area contributed by atoms with Crippen LogP contribution < -0.4 is 4.90 Å². The molecule has 1 aliphatic heterocycles. The maximum Gasteiger partial charge on any atom is 0.191 e. The Labute approximate surface area is 131 Å². The van der Waals surface area contributed by atoms with Crippen molar-refractivity contribution in [3.05, 3.63) is 36.4 Å². The van der Waals surface area contributed by atoms with Gasteiger partial charge in [0.2, 0.25) is 0 Å². The van der Waals surface area contributed by atoms with Gasteiger partial charge in [-0.25, -0.2) is 15.0 Å². The molecule has 0 bridgehead atoms. The fourth-order valence-electron chi connectivity index (χ4n) is 3.00. The zero-order chi connectivity index (χ0) is 15.4. The van der Waals surface area contributed by atoms with E-state index in [9.17, 15) is 0 Å². The van der Waals surface area contributed by atoms with Gasteiger partial charge in [0.25, 0.3) is 0 Å². The fourth-order valence-corrected chi connectivity index (χ4v) is 3.00. The smallest absolute Gasteiger partial charge is 0.191 e. The Morgan fingerprint density at radius 3 is 2.77 bits per heavy atom. The first-order valence-electron chi connectivity index (χ1n) is 7.85. The van der Waals surface area contributed by atoms with E-state index in [1.165, 1.54) is 0 Å². The second-order valence-electron chi connectivity index (χ2n) is 5.85. The van der Waals surface area contributed by atoms with Gasteiger partial charge in [-0.2, -0.15) is 0 Å². The number of hydrogen-bond donors (Lipinski definition) is 0. The molecule has 0 spiro atoms. The second-order valence-corrected chi connectivity index (χ2v) is 5.85. The minimum absolute atomic E-state index is 0.554. The fraction of sp³-hybridized carbons (Fsp3) is 0.562. The summed E-state index contributed by atoms with van der Waals surface area (Å²) in [7, 11) is 2.12. The largest absolute Gasteiger partial charge is 0.446 e. The first-order valence-corrected chi connectivity index (χ1v) is 7.85. The first-order chi connectivity index (χ1) is 10.7. The van der Waals surface area contributed by atoms with E-state index in [1.54, 1.807) is 12.5 Å². The first kappa shape index (κ1) is 15.0. The van der Waals surface area contributed by atoms with Crippen LogP contribution in [-0.4, -0.2) is 52.6 Å². The van der Waals surface area contributed by atoms with Gasteiger partial charge in [0.05, 0.1) is 6.20 Å². The van der Waals surface area contributed by atoms with Crippen LogP contribution >= 0.6 is 0 Å². The summed E-state index contributed by atoms with van der Waals surface area (Å²) in [4.78, 5) is 17.2. The molecule has 0 aliphatic carbocycles. The van der Waals surface area contributed by atoms with E-state index < -0.39 is 0 Å². The highest BCUT2D eigenvalue weighted by atomic mass is 16.3.